The third-order valence-corrected chi connectivity index (χ3v) is 2.88. The SMILES string of the molecule is C=C(C)C(COc1ccc(CC(C)=O)cc1)=C(C)C. The second-order valence-corrected chi connectivity index (χ2v) is 5.07. The number of ether oxygens (including phenoxy) is 1. The Morgan fingerprint density at radius 1 is 1.11 bits per heavy atom. The average molecular weight is 258 g/mol. The highest BCUT2D eigenvalue weighted by Crippen LogP contribution is 2.17. The number of ketones is 1. The van der Waals surface area contributed by atoms with Crippen LogP contribution >= 0.6 is 0 Å². The smallest absolute Gasteiger partial charge is 0.134 e. The van der Waals surface area contributed by atoms with Crippen LogP contribution in [0.3, 0.4) is 0 Å². The lowest BCUT2D eigenvalue weighted by Gasteiger charge is -2.12. The minimum atomic E-state index is 0.169. The largest absolute Gasteiger partial charge is 0.489 e. The molecule has 0 fully saturated rings. The van der Waals surface area contributed by atoms with Crippen LogP contribution in [0.25, 0.3) is 0 Å². The van der Waals surface area contributed by atoms with Crippen LogP contribution < -0.4 is 4.74 Å². The molecule has 102 valence electrons. The van der Waals surface area contributed by atoms with E-state index in [1.165, 1.54) is 5.57 Å². The highest BCUT2D eigenvalue weighted by Gasteiger charge is 2.03. The number of benzene rings is 1. The van der Waals surface area contributed by atoms with Crippen LogP contribution in [0.15, 0.2) is 47.6 Å². The van der Waals surface area contributed by atoms with Gasteiger partial charge in [-0.25, -0.2) is 0 Å². The Balaban J connectivity index is 2.66. The van der Waals surface area contributed by atoms with Crippen molar-refractivity contribution in [3.05, 3.63) is 53.1 Å². The zero-order chi connectivity index (χ0) is 14.4. The lowest BCUT2D eigenvalue weighted by molar-refractivity contribution is -0.116. The molecular formula is C17H22O2. The third kappa shape index (κ3) is 5.12. The lowest BCUT2D eigenvalue weighted by Crippen LogP contribution is -2.04. The van der Waals surface area contributed by atoms with Gasteiger partial charge in [0.25, 0.3) is 0 Å². The van der Waals surface area contributed by atoms with Crippen LogP contribution in [0.4, 0.5) is 0 Å². The molecule has 0 amide bonds. The van der Waals surface area contributed by atoms with Crippen molar-refractivity contribution in [3.63, 3.8) is 0 Å². The molecule has 0 aliphatic rings. The predicted molar refractivity (Wildman–Crippen MR) is 79.5 cm³/mol. The van der Waals surface area contributed by atoms with Crippen molar-refractivity contribution in [2.24, 2.45) is 0 Å². The molecule has 0 heterocycles. The monoisotopic (exact) mass is 258 g/mol. The van der Waals surface area contributed by atoms with Gasteiger partial charge in [-0.2, -0.15) is 0 Å². The van der Waals surface area contributed by atoms with Gasteiger partial charge < -0.3 is 4.74 Å². The zero-order valence-corrected chi connectivity index (χ0v) is 12.2. The number of hydrogen-bond donors (Lipinski definition) is 0. The van der Waals surface area contributed by atoms with E-state index in [2.05, 4.69) is 20.4 Å². The Bertz CT molecular complexity index is 488. The molecule has 0 aliphatic heterocycles. The summed E-state index contributed by atoms with van der Waals surface area (Å²) in [6.45, 7) is 12.2. The molecule has 0 bridgehead atoms. The van der Waals surface area contributed by atoms with Crippen LogP contribution in [0, 0.1) is 0 Å². The number of rotatable bonds is 6. The quantitative estimate of drug-likeness (QED) is 0.718. The number of allylic oxidation sites excluding steroid dienone is 1. The summed E-state index contributed by atoms with van der Waals surface area (Å²) in [7, 11) is 0. The van der Waals surface area contributed by atoms with Crippen LogP contribution in [0.1, 0.15) is 33.3 Å². The second kappa shape index (κ2) is 6.93. The summed E-state index contributed by atoms with van der Waals surface area (Å²) in [5.41, 5.74) is 4.42. The summed E-state index contributed by atoms with van der Waals surface area (Å²) >= 11 is 0. The Morgan fingerprint density at radius 3 is 2.11 bits per heavy atom. The minimum Gasteiger partial charge on any atom is -0.489 e. The summed E-state index contributed by atoms with van der Waals surface area (Å²) in [5, 5.41) is 0. The fourth-order valence-electron chi connectivity index (χ4n) is 1.84. The fourth-order valence-corrected chi connectivity index (χ4v) is 1.84. The highest BCUT2D eigenvalue weighted by atomic mass is 16.5. The maximum atomic E-state index is 11.0. The molecular weight excluding hydrogens is 236 g/mol. The molecule has 19 heavy (non-hydrogen) atoms. The lowest BCUT2D eigenvalue weighted by atomic mass is 10.1. The zero-order valence-electron chi connectivity index (χ0n) is 12.2. The van der Waals surface area contributed by atoms with Gasteiger partial charge in [-0.3, -0.25) is 4.79 Å². The first-order valence-corrected chi connectivity index (χ1v) is 6.43. The second-order valence-electron chi connectivity index (χ2n) is 5.07. The van der Waals surface area contributed by atoms with Gasteiger partial charge in [0.05, 0.1) is 0 Å². The maximum Gasteiger partial charge on any atom is 0.134 e. The van der Waals surface area contributed by atoms with E-state index in [9.17, 15) is 4.79 Å². The van der Waals surface area contributed by atoms with Crippen LogP contribution in [0.2, 0.25) is 0 Å². The average Bonchev–Trinajstić information content (AvgIpc) is 2.29. The van der Waals surface area contributed by atoms with Gasteiger partial charge in [-0.1, -0.05) is 29.9 Å². The molecule has 2 heteroatoms. The van der Waals surface area contributed by atoms with E-state index in [0.29, 0.717) is 13.0 Å². The van der Waals surface area contributed by atoms with E-state index in [4.69, 9.17) is 4.74 Å². The summed E-state index contributed by atoms with van der Waals surface area (Å²) < 4.78 is 5.75. The molecule has 0 saturated carbocycles. The normalized spacial score (nSPS) is 9.89. The molecule has 0 saturated heterocycles. The molecule has 1 aromatic rings. The van der Waals surface area contributed by atoms with Gasteiger partial charge in [0.2, 0.25) is 0 Å². The van der Waals surface area contributed by atoms with Crippen molar-refractivity contribution >= 4 is 5.78 Å². The van der Waals surface area contributed by atoms with E-state index in [1.54, 1.807) is 6.92 Å². The summed E-state index contributed by atoms with van der Waals surface area (Å²) in [4.78, 5) is 11.0. The van der Waals surface area contributed by atoms with E-state index < -0.39 is 0 Å². The van der Waals surface area contributed by atoms with Crippen molar-refractivity contribution in [2.45, 2.75) is 34.1 Å². The van der Waals surface area contributed by atoms with Crippen molar-refractivity contribution in [2.75, 3.05) is 6.61 Å². The third-order valence-electron chi connectivity index (χ3n) is 2.88. The molecule has 1 rings (SSSR count). The Kier molecular flexibility index (Phi) is 5.56. The van der Waals surface area contributed by atoms with Crippen molar-refractivity contribution in [1.82, 2.24) is 0 Å². The minimum absolute atomic E-state index is 0.169. The standard InChI is InChI=1S/C17H22O2/c1-12(2)17(13(3)4)11-19-16-8-6-15(7-9-16)10-14(5)18/h6-9H,1,10-11H2,2-5H3. The molecule has 0 atom stereocenters. The van der Waals surface area contributed by atoms with Crippen molar-refractivity contribution in [1.29, 1.82) is 0 Å². The van der Waals surface area contributed by atoms with E-state index >= 15 is 0 Å². The predicted octanol–water partition coefficient (Wildman–Crippen LogP) is 4.11. The van der Waals surface area contributed by atoms with Gasteiger partial charge in [0.1, 0.15) is 18.1 Å². The number of carbonyl (C=O) groups excluding carboxylic acids is 1. The van der Waals surface area contributed by atoms with E-state index in [-0.39, 0.29) is 5.78 Å². The fraction of sp³-hybridized carbons (Fsp3) is 0.353. The molecule has 0 unspecified atom stereocenters. The first-order chi connectivity index (χ1) is 8.90. The summed E-state index contributed by atoms with van der Waals surface area (Å²) in [5.74, 6) is 0.982. The van der Waals surface area contributed by atoms with Gasteiger partial charge in [0.15, 0.2) is 0 Å². The highest BCUT2D eigenvalue weighted by molar-refractivity contribution is 5.78. The van der Waals surface area contributed by atoms with Gasteiger partial charge in [-0.15, -0.1) is 0 Å². The van der Waals surface area contributed by atoms with Gasteiger partial charge >= 0.3 is 0 Å². The Morgan fingerprint density at radius 2 is 1.68 bits per heavy atom. The van der Waals surface area contributed by atoms with Crippen LogP contribution in [-0.4, -0.2) is 12.4 Å². The molecule has 0 spiro atoms. The van der Waals surface area contributed by atoms with E-state index in [1.807, 2.05) is 31.2 Å². The van der Waals surface area contributed by atoms with E-state index in [0.717, 1.165) is 22.5 Å². The number of carbonyl (C=O) groups is 1. The molecule has 0 N–H and O–H groups in total. The first-order valence-electron chi connectivity index (χ1n) is 6.43. The maximum absolute atomic E-state index is 11.0. The van der Waals surface area contributed by atoms with Gasteiger partial charge in [-0.05, 0) is 51.0 Å². The topological polar surface area (TPSA) is 26.3 Å². The summed E-state index contributed by atoms with van der Waals surface area (Å²) in [6.07, 6.45) is 0.477. The van der Waals surface area contributed by atoms with Crippen molar-refractivity contribution < 1.29 is 9.53 Å². The number of hydrogen-bond acceptors (Lipinski definition) is 2. The van der Waals surface area contributed by atoms with Crippen molar-refractivity contribution in [3.8, 4) is 5.75 Å². The molecule has 1 aromatic carbocycles. The molecule has 2 nitrogen and oxygen atoms in total. The Labute approximate surface area is 115 Å². The number of Topliss-reactive ketones (excluding diaryl/α,β-unsaturated/α-hetero) is 1. The molecule has 0 aliphatic carbocycles. The first kappa shape index (κ1) is 15.2. The Hall–Kier alpha value is -1.83. The van der Waals surface area contributed by atoms with Gasteiger partial charge in [0, 0.05) is 6.42 Å². The molecule has 0 radical (unpaired) electrons. The summed E-state index contributed by atoms with van der Waals surface area (Å²) in [6, 6.07) is 7.66. The van der Waals surface area contributed by atoms with Crippen LogP contribution in [0.5, 0.6) is 5.75 Å². The van der Waals surface area contributed by atoms with Crippen LogP contribution in [-0.2, 0) is 11.2 Å². The molecule has 0 aromatic heterocycles.